The predicted molar refractivity (Wildman–Crippen MR) is 63.8 cm³/mol. The van der Waals surface area contributed by atoms with Crippen LogP contribution in [0.1, 0.15) is 41.9 Å². The SMILES string of the molecule is CCCc1[nH]c(=O)c(C(=O)NC)cc1CC. The molecule has 1 aromatic rings. The standard InChI is InChI=1S/C12H18N2O2/c1-4-6-10-8(5-2)7-9(11(15)13-3)12(16)14-10/h7H,4-6H2,1-3H3,(H,13,15)(H,14,16). The Kier molecular flexibility index (Phi) is 4.28. The molecule has 1 heterocycles. The van der Waals surface area contributed by atoms with Gasteiger partial charge in [-0.2, -0.15) is 0 Å². The second-order valence-electron chi connectivity index (χ2n) is 3.70. The molecule has 0 aromatic carbocycles. The van der Waals surface area contributed by atoms with Crippen molar-refractivity contribution in [2.45, 2.75) is 33.1 Å². The highest BCUT2D eigenvalue weighted by Gasteiger charge is 2.12. The van der Waals surface area contributed by atoms with E-state index in [1.165, 1.54) is 7.05 Å². The van der Waals surface area contributed by atoms with Crippen LogP contribution in [0.4, 0.5) is 0 Å². The number of aromatic nitrogens is 1. The molecule has 4 nitrogen and oxygen atoms in total. The number of aromatic amines is 1. The third-order valence-corrected chi connectivity index (χ3v) is 2.57. The maximum Gasteiger partial charge on any atom is 0.261 e. The fraction of sp³-hybridized carbons (Fsp3) is 0.500. The lowest BCUT2D eigenvalue weighted by atomic mass is 10.0. The fourth-order valence-corrected chi connectivity index (χ4v) is 1.70. The molecule has 0 atom stereocenters. The van der Waals surface area contributed by atoms with Crippen molar-refractivity contribution in [3.63, 3.8) is 0 Å². The molecular weight excluding hydrogens is 204 g/mol. The van der Waals surface area contributed by atoms with Gasteiger partial charge in [0.15, 0.2) is 0 Å². The first-order valence-electron chi connectivity index (χ1n) is 5.61. The van der Waals surface area contributed by atoms with Crippen molar-refractivity contribution in [2.24, 2.45) is 0 Å². The Labute approximate surface area is 95.1 Å². The van der Waals surface area contributed by atoms with Gasteiger partial charge >= 0.3 is 0 Å². The molecule has 0 aliphatic heterocycles. The summed E-state index contributed by atoms with van der Waals surface area (Å²) in [7, 11) is 1.52. The molecule has 0 unspecified atom stereocenters. The van der Waals surface area contributed by atoms with Crippen molar-refractivity contribution in [3.8, 4) is 0 Å². The number of rotatable bonds is 4. The largest absolute Gasteiger partial charge is 0.355 e. The highest BCUT2D eigenvalue weighted by molar-refractivity contribution is 5.93. The normalized spacial score (nSPS) is 10.2. The minimum absolute atomic E-state index is 0.194. The molecule has 1 amide bonds. The number of amides is 1. The van der Waals surface area contributed by atoms with E-state index in [0.29, 0.717) is 0 Å². The van der Waals surface area contributed by atoms with Crippen LogP contribution < -0.4 is 10.9 Å². The van der Waals surface area contributed by atoms with E-state index in [-0.39, 0.29) is 17.0 Å². The Bertz CT molecular complexity index is 435. The van der Waals surface area contributed by atoms with E-state index in [0.717, 1.165) is 30.5 Å². The third-order valence-electron chi connectivity index (χ3n) is 2.57. The number of H-pyrrole nitrogens is 1. The van der Waals surface area contributed by atoms with Crippen LogP contribution in [0.15, 0.2) is 10.9 Å². The Balaban J connectivity index is 3.25. The topological polar surface area (TPSA) is 62.0 Å². The summed E-state index contributed by atoms with van der Waals surface area (Å²) >= 11 is 0. The average molecular weight is 222 g/mol. The first-order valence-corrected chi connectivity index (χ1v) is 5.61. The second-order valence-corrected chi connectivity index (χ2v) is 3.70. The summed E-state index contributed by atoms with van der Waals surface area (Å²) in [6.07, 6.45) is 2.63. The molecule has 1 rings (SSSR count). The maximum atomic E-state index is 11.7. The molecule has 1 aromatic heterocycles. The van der Waals surface area contributed by atoms with E-state index in [2.05, 4.69) is 17.2 Å². The summed E-state index contributed by atoms with van der Waals surface area (Å²) < 4.78 is 0. The van der Waals surface area contributed by atoms with Gasteiger partial charge in [0, 0.05) is 12.7 Å². The Hall–Kier alpha value is -1.58. The quantitative estimate of drug-likeness (QED) is 0.805. The zero-order valence-corrected chi connectivity index (χ0v) is 10.0. The molecule has 0 bridgehead atoms. The van der Waals surface area contributed by atoms with Gasteiger partial charge in [-0.05, 0) is 24.5 Å². The van der Waals surface area contributed by atoms with Crippen LogP contribution in [0.25, 0.3) is 0 Å². The van der Waals surface area contributed by atoms with Gasteiger partial charge in [0.25, 0.3) is 11.5 Å². The highest BCUT2D eigenvalue weighted by atomic mass is 16.2. The summed E-state index contributed by atoms with van der Waals surface area (Å²) in [5, 5.41) is 2.47. The van der Waals surface area contributed by atoms with Crippen LogP contribution in [0.5, 0.6) is 0 Å². The third kappa shape index (κ3) is 2.51. The number of hydrogen-bond donors (Lipinski definition) is 2. The van der Waals surface area contributed by atoms with Gasteiger partial charge in [0.05, 0.1) is 0 Å². The van der Waals surface area contributed by atoms with Gasteiger partial charge in [-0.3, -0.25) is 9.59 Å². The van der Waals surface area contributed by atoms with Gasteiger partial charge < -0.3 is 10.3 Å². The van der Waals surface area contributed by atoms with E-state index in [1.807, 2.05) is 6.92 Å². The number of aryl methyl sites for hydroxylation is 2. The number of pyridine rings is 1. The average Bonchev–Trinajstić information content (AvgIpc) is 2.29. The van der Waals surface area contributed by atoms with Crippen LogP contribution in [0, 0.1) is 0 Å². The van der Waals surface area contributed by atoms with Crippen LogP contribution in [0.2, 0.25) is 0 Å². The van der Waals surface area contributed by atoms with Crippen LogP contribution in [0.3, 0.4) is 0 Å². The lowest BCUT2D eigenvalue weighted by molar-refractivity contribution is 0.0961. The molecular formula is C12H18N2O2. The summed E-state index contributed by atoms with van der Waals surface area (Å²) in [6.45, 7) is 4.07. The van der Waals surface area contributed by atoms with Gasteiger partial charge in [-0.15, -0.1) is 0 Å². The molecule has 0 spiro atoms. The smallest absolute Gasteiger partial charge is 0.261 e. The van der Waals surface area contributed by atoms with Gasteiger partial charge in [-0.1, -0.05) is 20.3 Å². The number of carbonyl (C=O) groups excluding carboxylic acids is 1. The highest BCUT2D eigenvalue weighted by Crippen LogP contribution is 2.09. The minimum atomic E-state index is -0.334. The van der Waals surface area contributed by atoms with Crippen molar-refractivity contribution >= 4 is 5.91 Å². The van der Waals surface area contributed by atoms with Crippen LogP contribution >= 0.6 is 0 Å². The van der Waals surface area contributed by atoms with Crippen molar-refractivity contribution in [3.05, 3.63) is 33.2 Å². The molecule has 4 heteroatoms. The predicted octanol–water partition coefficient (Wildman–Crippen LogP) is 1.25. The zero-order chi connectivity index (χ0) is 12.1. The summed E-state index contributed by atoms with van der Waals surface area (Å²) in [4.78, 5) is 25.9. The van der Waals surface area contributed by atoms with Gasteiger partial charge in [0.1, 0.15) is 5.56 Å². The van der Waals surface area contributed by atoms with Crippen molar-refractivity contribution in [1.82, 2.24) is 10.3 Å². The van der Waals surface area contributed by atoms with Crippen molar-refractivity contribution < 1.29 is 4.79 Å². The monoisotopic (exact) mass is 222 g/mol. The summed E-state index contributed by atoms with van der Waals surface area (Å²) in [6, 6.07) is 1.70. The van der Waals surface area contributed by atoms with Crippen molar-refractivity contribution in [1.29, 1.82) is 0 Å². The van der Waals surface area contributed by atoms with Crippen molar-refractivity contribution in [2.75, 3.05) is 7.05 Å². The maximum absolute atomic E-state index is 11.7. The Morgan fingerprint density at radius 1 is 1.44 bits per heavy atom. The molecule has 0 fully saturated rings. The molecule has 88 valence electrons. The summed E-state index contributed by atoms with van der Waals surface area (Å²) in [5.41, 5.74) is 1.88. The van der Waals surface area contributed by atoms with E-state index in [9.17, 15) is 9.59 Å². The number of carbonyl (C=O) groups is 1. The molecule has 0 saturated heterocycles. The van der Waals surface area contributed by atoms with Gasteiger partial charge in [-0.25, -0.2) is 0 Å². The molecule has 2 N–H and O–H groups in total. The molecule has 16 heavy (non-hydrogen) atoms. The van der Waals surface area contributed by atoms with Crippen LogP contribution in [-0.4, -0.2) is 17.9 Å². The fourth-order valence-electron chi connectivity index (χ4n) is 1.70. The number of nitrogens with one attached hydrogen (secondary N) is 2. The first-order chi connectivity index (χ1) is 7.63. The Morgan fingerprint density at radius 2 is 2.12 bits per heavy atom. The molecule has 0 radical (unpaired) electrons. The Morgan fingerprint density at radius 3 is 2.62 bits per heavy atom. The zero-order valence-electron chi connectivity index (χ0n) is 10.0. The minimum Gasteiger partial charge on any atom is -0.355 e. The lowest BCUT2D eigenvalue weighted by Gasteiger charge is -2.08. The number of hydrogen-bond acceptors (Lipinski definition) is 2. The molecule has 0 saturated carbocycles. The molecule has 0 aliphatic carbocycles. The van der Waals surface area contributed by atoms with Gasteiger partial charge in [0.2, 0.25) is 0 Å². The van der Waals surface area contributed by atoms with E-state index < -0.39 is 0 Å². The molecule has 0 aliphatic rings. The van der Waals surface area contributed by atoms with Crippen LogP contribution in [-0.2, 0) is 12.8 Å². The summed E-state index contributed by atoms with van der Waals surface area (Å²) in [5.74, 6) is -0.334. The van der Waals surface area contributed by atoms with E-state index in [4.69, 9.17) is 0 Å². The van der Waals surface area contributed by atoms with E-state index in [1.54, 1.807) is 6.07 Å². The second kappa shape index (κ2) is 5.49. The van der Waals surface area contributed by atoms with E-state index >= 15 is 0 Å². The lowest BCUT2D eigenvalue weighted by Crippen LogP contribution is -2.28. The first kappa shape index (κ1) is 12.5.